The Morgan fingerprint density at radius 3 is 2.50 bits per heavy atom. The van der Waals surface area contributed by atoms with Crippen LogP contribution in [0.15, 0.2) is 51.7 Å². The number of fused-ring (bicyclic) bond motifs is 1. The molecule has 0 saturated carbocycles. The Hall–Kier alpha value is -2.02. The summed E-state index contributed by atoms with van der Waals surface area (Å²) in [5.41, 5.74) is 1.18. The van der Waals surface area contributed by atoms with E-state index in [0.29, 0.717) is 28.2 Å². The third kappa shape index (κ3) is 2.56. The highest BCUT2D eigenvalue weighted by Crippen LogP contribution is 2.32. The molecule has 5 heteroatoms. The van der Waals surface area contributed by atoms with E-state index in [1.54, 1.807) is 19.2 Å². The molecule has 3 aromatic rings. The fraction of sp³-hybridized carbons (Fsp3) is 0.118. The van der Waals surface area contributed by atoms with E-state index >= 15 is 0 Å². The highest BCUT2D eigenvalue weighted by atomic mass is 127. The lowest BCUT2D eigenvalue weighted by Gasteiger charge is -2.09. The van der Waals surface area contributed by atoms with Gasteiger partial charge in [-0.2, -0.15) is 0 Å². The quantitative estimate of drug-likeness (QED) is 0.613. The minimum absolute atomic E-state index is 0.143. The van der Waals surface area contributed by atoms with Gasteiger partial charge >= 0.3 is 0 Å². The molecule has 2 aromatic carbocycles. The molecule has 0 unspecified atom stereocenters. The maximum atomic E-state index is 12.5. The molecule has 0 aliphatic carbocycles. The lowest BCUT2D eigenvalue weighted by Crippen LogP contribution is -2.03. The van der Waals surface area contributed by atoms with E-state index in [4.69, 9.17) is 13.9 Å². The van der Waals surface area contributed by atoms with Crippen molar-refractivity contribution in [2.24, 2.45) is 0 Å². The molecule has 1 heterocycles. The average molecular weight is 408 g/mol. The second kappa shape index (κ2) is 6.00. The van der Waals surface area contributed by atoms with Gasteiger partial charge in [-0.25, -0.2) is 0 Å². The first kappa shape index (κ1) is 14.9. The number of hydrogen-bond acceptors (Lipinski definition) is 4. The van der Waals surface area contributed by atoms with Gasteiger partial charge in [-0.3, -0.25) is 4.79 Å². The third-order valence-corrected chi connectivity index (χ3v) is 4.30. The Kier molecular flexibility index (Phi) is 4.06. The van der Waals surface area contributed by atoms with E-state index in [1.807, 2.05) is 24.3 Å². The number of benzene rings is 2. The summed E-state index contributed by atoms with van der Waals surface area (Å²) in [6, 6.07) is 12.6. The summed E-state index contributed by atoms with van der Waals surface area (Å²) >= 11 is 2.22. The van der Waals surface area contributed by atoms with Gasteiger partial charge in [-0.15, -0.1) is 0 Å². The van der Waals surface area contributed by atoms with Crippen molar-refractivity contribution in [2.45, 2.75) is 0 Å². The Bertz CT molecular complexity index is 899. The van der Waals surface area contributed by atoms with Crippen molar-refractivity contribution >= 4 is 33.6 Å². The van der Waals surface area contributed by atoms with Gasteiger partial charge in [0.05, 0.1) is 14.2 Å². The topological polar surface area (TPSA) is 48.7 Å². The molecule has 0 atom stereocenters. The second-order valence-corrected chi connectivity index (χ2v) is 5.82. The number of halogens is 1. The molecule has 112 valence electrons. The predicted octanol–water partition coefficient (Wildman–Crippen LogP) is 4.08. The van der Waals surface area contributed by atoms with Crippen molar-refractivity contribution in [3.63, 3.8) is 0 Å². The van der Waals surface area contributed by atoms with Crippen molar-refractivity contribution in [1.82, 2.24) is 0 Å². The fourth-order valence-electron chi connectivity index (χ4n) is 2.30. The van der Waals surface area contributed by atoms with E-state index in [1.165, 1.54) is 13.2 Å². The van der Waals surface area contributed by atoms with Gasteiger partial charge < -0.3 is 13.9 Å². The molecular weight excluding hydrogens is 395 g/mol. The maximum absolute atomic E-state index is 12.5. The van der Waals surface area contributed by atoms with Crippen LogP contribution >= 0.6 is 22.6 Å². The third-order valence-electron chi connectivity index (χ3n) is 3.36. The number of hydrogen-bond donors (Lipinski definition) is 0. The normalized spacial score (nSPS) is 10.7. The summed E-state index contributed by atoms with van der Waals surface area (Å²) < 4.78 is 17.5. The molecule has 1 aromatic heterocycles. The van der Waals surface area contributed by atoms with Crippen molar-refractivity contribution in [3.05, 3.63) is 56.3 Å². The molecule has 0 fully saturated rings. The predicted molar refractivity (Wildman–Crippen MR) is 93.7 cm³/mol. The van der Waals surface area contributed by atoms with Crippen LogP contribution < -0.4 is 14.9 Å². The largest absolute Gasteiger partial charge is 0.496 e. The Labute approximate surface area is 140 Å². The van der Waals surface area contributed by atoms with Gasteiger partial charge in [-0.1, -0.05) is 18.2 Å². The van der Waals surface area contributed by atoms with Crippen molar-refractivity contribution in [2.75, 3.05) is 14.2 Å². The zero-order valence-electron chi connectivity index (χ0n) is 12.1. The molecule has 3 rings (SSSR count). The SMILES string of the molecule is COc1cc(OC)c2c(=O)cc(-c3ccccc3I)oc2c1. The van der Waals surface area contributed by atoms with Crippen LogP contribution in [0.25, 0.3) is 22.3 Å². The molecule has 0 aliphatic heterocycles. The minimum atomic E-state index is -0.143. The summed E-state index contributed by atoms with van der Waals surface area (Å²) in [5.74, 6) is 1.54. The summed E-state index contributed by atoms with van der Waals surface area (Å²) in [5, 5.41) is 0.415. The molecule has 0 saturated heterocycles. The van der Waals surface area contributed by atoms with Gasteiger partial charge in [0.2, 0.25) is 0 Å². The molecule has 4 nitrogen and oxygen atoms in total. The van der Waals surface area contributed by atoms with E-state index in [2.05, 4.69) is 22.6 Å². The highest BCUT2D eigenvalue weighted by Gasteiger charge is 2.14. The van der Waals surface area contributed by atoms with Crippen LogP contribution in [0.5, 0.6) is 11.5 Å². The lowest BCUT2D eigenvalue weighted by atomic mass is 10.1. The summed E-state index contributed by atoms with van der Waals surface area (Å²) in [6.07, 6.45) is 0. The Morgan fingerprint density at radius 2 is 1.82 bits per heavy atom. The highest BCUT2D eigenvalue weighted by molar-refractivity contribution is 14.1. The van der Waals surface area contributed by atoms with Crippen LogP contribution in [0, 0.1) is 3.57 Å². The standard InChI is InChI=1S/C17H13IO4/c1-20-10-7-15(21-2)17-13(19)9-14(22-16(17)8-10)11-5-3-4-6-12(11)18/h3-9H,1-2H3. The monoisotopic (exact) mass is 408 g/mol. The van der Waals surface area contributed by atoms with Crippen LogP contribution in [-0.4, -0.2) is 14.2 Å². The smallest absolute Gasteiger partial charge is 0.197 e. The van der Waals surface area contributed by atoms with Gasteiger partial charge in [0, 0.05) is 27.3 Å². The Balaban J connectivity index is 2.33. The van der Waals surface area contributed by atoms with E-state index in [9.17, 15) is 4.79 Å². The fourth-order valence-corrected chi connectivity index (χ4v) is 2.95. The second-order valence-electron chi connectivity index (χ2n) is 4.66. The van der Waals surface area contributed by atoms with Gasteiger partial charge in [0.25, 0.3) is 0 Å². The molecule has 0 bridgehead atoms. The first-order chi connectivity index (χ1) is 10.6. The van der Waals surface area contributed by atoms with Crippen LogP contribution in [0.3, 0.4) is 0 Å². The minimum Gasteiger partial charge on any atom is -0.496 e. The number of rotatable bonds is 3. The maximum Gasteiger partial charge on any atom is 0.197 e. The van der Waals surface area contributed by atoms with Crippen LogP contribution in [0.4, 0.5) is 0 Å². The molecule has 0 amide bonds. The zero-order chi connectivity index (χ0) is 15.7. The molecule has 0 aliphatic rings. The molecule has 22 heavy (non-hydrogen) atoms. The lowest BCUT2D eigenvalue weighted by molar-refractivity contribution is 0.396. The zero-order valence-corrected chi connectivity index (χ0v) is 14.2. The van der Waals surface area contributed by atoms with Crippen LogP contribution in [0.2, 0.25) is 0 Å². The summed E-state index contributed by atoms with van der Waals surface area (Å²) in [4.78, 5) is 12.5. The van der Waals surface area contributed by atoms with Crippen molar-refractivity contribution in [3.8, 4) is 22.8 Å². The van der Waals surface area contributed by atoms with Crippen molar-refractivity contribution in [1.29, 1.82) is 0 Å². The molecule has 0 spiro atoms. The molecule has 0 radical (unpaired) electrons. The first-order valence-corrected chi connectivity index (χ1v) is 7.66. The van der Waals surface area contributed by atoms with E-state index < -0.39 is 0 Å². The number of methoxy groups -OCH3 is 2. The average Bonchev–Trinajstić information content (AvgIpc) is 2.53. The first-order valence-electron chi connectivity index (χ1n) is 6.59. The van der Waals surface area contributed by atoms with Crippen LogP contribution in [-0.2, 0) is 0 Å². The van der Waals surface area contributed by atoms with Crippen LogP contribution in [0.1, 0.15) is 0 Å². The summed E-state index contributed by atoms with van der Waals surface area (Å²) in [7, 11) is 3.07. The van der Waals surface area contributed by atoms with Gasteiger partial charge in [0.15, 0.2) is 5.43 Å². The van der Waals surface area contributed by atoms with E-state index in [-0.39, 0.29) is 5.43 Å². The number of ether oxygens (including phenoxy) is 2. The van der Waals surface area contributed by atoms with Crippen molar-refractivity contribution < 1.29 is 13.9 Å². The summed E-state index contributed by atoms with van der Waals surface area (Å²) in [6.45, 7) is 0. The molecule has 0 N–H and O–H groups in total. The van der Waals surface area contributed by atoms with Gasteiger partial charge in [0.1, 0.15) is 28.2 Å². The Morgan fingerprint density at radius 1 is 1.05 bits per heavy atom. The molecular formula is C17H13IO4. The van der Waals surface area contributed by atoms with Gasteiger partial charge in [-0.05, 0) is 28.7 Å². The van der Waals surface area contributed by atoms with E-state index in [0.717, 1.165) is 9.13 Å².